The second kappa shape index (κ2) is 5.95. The van der Waals surface area contributed by atoms with Crippen molar-refractivity contribution in [2.24, 2.45) is 0 Å². The van der Waals surface area contributed by atoms with Crippen molar-refractivity contribution in [1.82, 2.24) is 9.55 Å². The number of aromatic nitrogens is 2. The van der Waals surface area contributed by atoms with Crippen LogP contribution in [0.15, 0.2) is 28.5 Å². The third-order valence-corrected chi connectivity index (χ3v) is 4.45. The van der Waals surface area contributed by atoms with E-state index in [1.54, 1.807) is 11.9 Å². The Hall–Kier alpha value is -1.73. The van der Waals surface area contributed by atoms with Gasteiger partial charge < -0.3 is 9.64 Å². The molecule has 1 fully saturated rings. The maximum absolute atomic E-state index is 14.2. The summed E-state index contributed by atoms with van der Waals surface area (Å²) in [6.07, 6.45) is 3.07. The highest BCUT2D eigenvalue weighted by atomic mass is 32.1. The summed E-state index contributed by atoms with van der Waals surface area (Å²) < 4.78 is 21.0. The molecule has 3 rings (SSSR count). The summed E-state index contributed by atoms with van der Waals surface area (Å²) in [5.74, 6) is -0.463. The van der Waals surface area contributed by atoms with Gasteiger partial charge in [0.15, 0.2) is 11.6 Å². The van der Waals surface area contributed by atoms with Gasteiger partial charge in [0.2, 0.25) is 0 Å². The molecule has 0 spiro atoms. The van der Waals surface area contributed by atoms with E-state index in [-0.39, 0.29) is 11.9 Å². The van der Waals surface area contributed by atoms with E-state index in [4.69, 9.17) is 4.74 Å². The van der Waals surface area contributed by atoms with Gasteiger partial charge in [-0.2, -0.15) is 4.98 Å². The Kier molecular flexibility index (Phi) is 4.03. The predicted molar refractivity (Wildman–Crippen MR) is 79.8 cm³/mol. The van der Waals surface area contributed by atoms with Crippen molar-refractivity contribution in [1.29, 1.82) is 0 Å². The van der Waals surface area contributed by atoms with Gasteiger partial charge in [-0.15, -0.1) is 11.3 Å². The first-order valence-electron chi connectivity index (χ1n) is 6.81. The molecule has 1 unspecified atom stereocenters. The Balaban J connectivity index is 1.87. The van der Waals surface area contributed by atoms with Gasteiger partial charge in [-0.05, 0) is 30.4 Å². The van der Waals surface area contributed by atoms with E-state index < -0.39 is 11.5 Å². The van der Waals surface area contributed by atoms with E-state index in [1.165, 1.54) is 22.1 Å². The zero-order valence-corrected chi connectivity index (χ0v) is 12.5. The minimum Gasteiger partial charge on any atom is -0.376 e. The highest BCUT2D eigenvalue weighted by molar-refractivity contribution is 7.14. The van der Waals surface area contributed by atoms with Crippen LogP contribution in [0.2, 0.25) is 0 Å². The molecule has 1 aliphatic heterocycles. The lowest BCUT2D eigenvalue weighted by atomic mass is 10.2. The average molecular weight is 309 g/mol. The molecule has 0 bridgehead atoms. The lowest BCUT2D eigenvalue weighted by Crippen LogP contribution is -2.30. The Bertz CT molecular complexity index is 665. The number of hydrogen-bond acceptors (Lipinski definition) is 5. The van der Waals surface area contributed by atoms with Gasteiger partial charge in [0.05, 0.1) is 17.6 Å². The summed E-state index contributed by atoms with van der Waals surface area (Å²) in [6, 6.07) is 3.72. The van der Waals surface area contributed by atoms with Crippen LogP contribution in [-0.2, 0) is 11.3 Å². The van der Waals surface area contributed by atoms with Crippen molar-refractivity contribution in [2.45, 2.75) is 25.5 Å². The van der Waals surface area contributed by atoms with E-state index in [0.29, 0.717) is 13.2 Å². The normalized spacial score (nSPS) is 18.1. The summed E-state index contributed by atoms with van der Waals surface area (Å²) >= 11 is 1.46. The molecule has 0 aliphatic carbocycles. The van der Waals surface area contributed by atoms with Gasteiger partial charge in [-0.1, -0.05) is 0 Å². The molecular weight excluding hydrogens is 293 g/mol. The van der Waals surface area contributed by atoms with Crippen molar-refractivity contribution < 1.29 is 9.13 Å². The third-order valence-electron chi connectivity index (χ3n) is 3.51. The second-order valence-electron chi connectivity index (χ2n) is 4.99. The Morgan fingerprint density at radius 3 is 3.14 bits per heavy atom. The van der Waals surface area contributed by atoms with E-state index in [9.17, 15) is 9.18 Å². The SMILES string of the molecule is CN(c1cccs1)c1nc(=O)n(CC2CCCO2)cc1F. The number of rotatable bonds is 4. The zero-order valence-electron chi connectivity index (χ0n) is 11.7. The molecule has 2 aromatic heterocycles. The second-order valence-corrected chi connectivity index (χ2v) is 5.92. The maximum Gasteiger partial charge on any atom is 0.349 e. The molecule has 5 nitrogen and oxygen atoms in total. The molecule has 1 aliphatic rings. The van der Waals surface area contributed by atoms with Crippen LogP contribution < -0.4 is 10.6 Å². The first-order valence-corrected chi connectivity index (χ1v) is 7.69. The molecule has 0 amide bonds. The summed E-state index contributed by atoms with van der Waals surface area (Å²) in [5.41, 5.74) is -0.453. The van der Waals surface area contributed by atoms with E-state index in [1.807, 2.05) is 17.5 Å². The lowest BCUT2D eigenvalue weighted by Gasteiger charge is -2.18. The smallest absolute Gasteiger partial charge is 0.349 e. The molecule has 0 aromatic carbocycles. The average Bonchev–Trinajstić information content (AvgIpc) is 3.14. The third kappa shape index (κ3) is 2.98. The topological polar surface area (TPSA) is 47.4 Å². The van der Waals surface area contributed by atoms with Crippen LogP contribution in [-0.4, -0.2) is 29.3 Å². The van der Waals surface area contributed by atoms with Crippen molar-refractivity contribution in [3.63, 3.8) is 0 Å². The van der Waals surface area contributed by atoms with E-state index in [0.717, 1.165) is 17.8 Å². The highest BCUT2D eigenvalue weighted by Crippen LogP contribution is 2.27. The minimum absolute atomic E-state index is 0.0234. The quantitative estimate of drug-likeness (QED) is 0.870. The fourth-order valence-corrected chi connectivity index (χ4v) is 3.10. The molecule has 2 aromatic rings. The van der Waals surface area contributed by atoms with Crippen molar-refractivity contribution >= 4 is 22.2 Å². The molecule has 0 radical (unpaired) electrons. The van der Waals surface area contributed by atoms with Gasteiger partial charge in [0.1, 0.15) is 0 Å². The molecule has 7 heteroatoms. The first-order chi connectivity index (χ1) is 10.1. The van der Waals surface area contributed by atoms with Gasteiger partial charge in [-0.3, -0.25) is 4.57 Å². The molecule has 3 heterocycles. The van der Waals surface area contributed by atoms with Gasteiger partial charge in [0, 0.05) is 19.9 Å². The Morgan fingerprint density at radius 2 is 2.48 bits per heavy atom. The molecule has 112 valence electrons. The highest BCUT2D eigenvalue weighted by Gasteiger charge is 2.19. The van der Waals surface area contributed by atoms with Crippen LogP contribution in [0.1, 0.15) is 12.8 Å². The Labute approximate surface area is 125 Å². The van der Waals surface area contributed by atoms with E-state index in [2.05, 4.69) is 4.98 Å². The van der Waals surface area contributed by atoms with Crippen LogP contribution in [0.4, 0.5) is 15.2 Å². The van der Waals surface area contributed by atoms with Crippen molar-refractivity contribution in [2.75, 3.05) is 18.6 Å². The minimum atomic E-state index is -0.511. The number of ether oxygens (including phenoxy) is 1. The standard InChI is InChI=1S/C14H16FN3O2S/c1-17(12-5-3-7-21-12)13-11(15)9-18(14(19)16-13)8-10-4-2-6-20-10/h3,5,7,9-10H,2,4,6,8H2,1H3. The van der Waals surface area contributed by atoms with Crippen LogP contribution in [0.5, 0.6) is 0 Å². The monoisotopic (exact) mass is 309 g/mol. The summed E-state index contributed by atoms with van der Waals surface area (Å²) in [7, 11) is 1.70. The predicted octanol–water partition coefficient (Wildman–Crippen LogP) is 2.39. The summed E-state index contributed by atoms with van der Waals surface area (Å²) in [6.45, 7) is 1.06. The fraction of sp³-hybridized carbons (Fsp3) is 0.429. The van der Waals surface area contributed by atoms with Gasteiger partial charge in [0.25, 0.3) is 0 Å². The fourth-order valence-electron chi connectivity index (χ4n) is 2.40. The number of anilines is 2. The molecule has 0 N–H and O–H groups in total. The molecule has 1 atom stereocenters. The number of nitrogens with zero attached hydrogens (tertiary/aromatic N) is 3. The Morgan fingerprint density at radius 1 is 1.62 bits per heavy atom. The summed E-state index contributed by atoms with van der Waals surface area (Å²) in [5, 5.41) is 2.72. The molecule has 0 saturated carbocycles. The molecular formula is C14H16FN3O2S. The van der Waals surface area contributed by atoms with Crippen molar-refractivity contribution in [3.05, 3.63) is 40.0 Å². The van der Waals surface area contributed by atoms with Crippen LogP contribution in [0.25, 0.3) is 0 Å². The molecule has 21 heavy (non-hydrogen) atoms. The van der Waals surface area contributed by atoms with Gasteiger partial charge in [-0.25, -0.2) is 9.18 Å². The van der Waals surface area contributed by atoms with Crippen molar-refractivity contribution in [3.8, 4) is 0 Å². The first kappa shape index (κ1) is 14.2. The largest absolute Gasteiger partial charge is 0.376 e. The summed E-state index contributed by atoms with van der Waals surface area (Å²) in [4.78, 5) is 17.5. The van der Waals surface area contributed by atoms with Gasteiger partial charge >= 0.3 is 5.69 Å². The maximum atomic E-state index is 14.2. The number of halogens is 1. The van der Waals surface area contributed by atoms with Crippen LogP contribution >= 0.6 is 11.3 Å². The number of thiophene rings is 1. The zero-order chi connectivity index (χ0) is 14.8. The lowest BCUT2D eigenvalue weighted by molar-refractivity contribution is 0.0955. The molecule has 1 saturated heterocycles. The van der Waals surface area contributed by atoms with Crippen LogP contribution in [0.3, 0.4) is 0 Å². The van der Waals surface area contributed by atoms with Crippen LogP contribution in [0, 0.1) is 5.82 Å². The number of hydrogen-bond donors (Lipinski definition) is 0. The van der Waals surface area contributed by atoms with E-state index >= 15 is 0 Å².